The van der Waals surface area contributed by atoms with Crippen molar-refractivity contribution in [2.24, 2.45) is 17.8 Å². The number of ketones is 1. The zero-order valence-electron chi connectivity index (χ0n) is 11.6. The minimum atomic E-state index is -0.715. The summed E-state index contributed by atoms with van der Waals surface area (Å²) in [4.78, 5) is 12.2. The summed E-state index contributed by atoms with van der Waals surface area (Å²) >= 11 is 0. The maximum absolute atomic E-state index is 12.2. The van der Waals surface area contributed by atoms with E-state index < -0.39 is 6.10 Å². The van der Waals surface area contributed by atoms with Crippen molar-refractivity contribution in [1.29, 1.82) is 0 Å². The highest BCUT2D eigenvalue weighted by Crippen LogP contribution is 2.32. The molecule has 0 amide bonds. The molecule has 0 aromatic rings. The second-order valence-electron chi connectivity index (χ2n) is 5.55. The van der Waals surface area contributed by atoms with Crippen molar-refractivity contribution < 1.29 is 9.90 Å². The molecule has 0 aliphatic heterocycles. The lowest BCUT2D eigenvalue weighted by Crippen LogP contribution is -2.35. The van der Waals surface area contributed by atoms with Gasteiger partial charge in [-0.2, -0.15) is 0 Å². The maximum Gasteiger partial charge on any atom is 0.164 e. The van der Waals surface area contributed by atoms with Crippen LogP contribution >= 0.6 is 0 Å². The minimum absolute atomic E-state index is 0.119. The molecule has 1 aliphatic rings. The Hall–Kier alpha value is -0.370. The summed E-state index contributed by atoms with van der Waals surface area (Å²) < 4.78 is 0. The summed E-state index contributed by atoms with van der Waals surface area (Å²) in [5.74, 6) is 1.22. The lowest BCUT2D eigenvalue weighted by molar-refractivity contribution is -0.135. The first-order chi connectivity index (χ1) is 8.13. The van der Waals surface area contributed by atoms with Crippen LogP contribution in [-0.4, -0.2) is 17.0 Å². The lowest BCUT2D eigenvalue weighted by atomic mass is 9.76. The molecule has 0 saturated heterocycles. The number of aliphatic hydroxyl groups is 1. The van der Waals surface area contributed by atoms with E-state index in [1.807, 2.05) is 0 Å². The topological polar surface area (TPSA) is 37.3 Å². The first-order valence-electron chi connectivity index (χ1n) is 7.35. The Kier molecular flexibility index (Phi) is 6.18. The summed E-state index contributed by atoms with van der Waals surface area (Å²) in [5, 5.41) is 10.1. The van der Waals surface area contributed by atoms with Crippen LogP contribution in [0, 0.1) is 17.8 Å². The van der Waals surface area contributed by atoms with Crippen LogP contribution in [0.2, 0.25) is 0 Å². The second-order valence-corrected chi connectivity index (χ2v) is 5.55. The Balaban J connectivity index is 2.47. The van der Waals surface area contributed by atoms with Crippen molar-refractivity contribution in [3.05, 3.63) is 0 Å². The molecule has 1 rings (SSSR count). The summed E-state index contributed by atoms with van der Waals surface area (Å²) in [6, 6.07) is 0. The van der Waals surface area contributed by atoms with Gasteiger partial charge in [0.05, 0.1) is 0 Å². The van der Waals surface area contributed by atoms with Crippen LogP contribution in [0.3, 0.4) is 0 Å². The average molecular weight is 240 g/mol. The van der Waals surface area contributed by atoms with Crippen molar-refractivity contribution in [2.75, 3.05) is 0 Å². The van der Waals surface area contributed by atoms with Gasteiger partial charge < -0.3 is 5.11 Å². The highest BCUT2D eigenvalue weighted by atomic mass is 16.3. The highest BCUT2D eigenvalue weighted by molar-refractivity contribution is 5.85. The third-order valence-electron chi connectivity index (χ3n) is 4.61. The smallest absolute Gasteiger partial charge is 0.164 e. The van der Waals surface area contributed by atoms with Crippen LogP contribution in [0.4, 0.5) is 0 Å². The van der Waals surface area contributed by atoms with E-state index in [-0.39, 0.29) is 17.6 Å². The molecule has 1 atom stereocenters. The van der Waals surface area contributed by atoms with Gasteiger partial charge in [0.25, 0.3) is 0 Å². The van der Waals surface area contributed by atoms with Crippen LogP contribution in [0.1, 0.15) is 65.7 Å². The Morgan fingerprint density at radius 3 is 2.06 bits per heavy atom. The zero-order chi connectivity index (χ0) is 12.8. The van der Waals surface area contributed by atoms with Gasteiger partial charge >= 0.3 is 0 Å². The van der Waals surface area contributed by atoms with Crippen LogP contribution in [0.5, 0.6) is 0 Å². The van der Waals surface area contributed by atoms with E-state index in [1.165, 1.54) is 19.3 Å². The van der Waals surface area contributed by atoms with Crippen molar-refractivity contribution in [1.82, 2.24) is 0 Å². The van der Waals surface area contributed by atoms with Crippen molar-refractivity contribution in [3.8, 4) is 0 Å². The molecule has 100 valence electrons. The number of rotatable bonds is 6. The van der Waals surface area contributed by atoms with Crippen LogP contribution < -0.4 is 0 Å². The third-order valence-corrected chi connectivity index (χ3v) is 4.61. The molecular weight excluding hydrogens is 212 g/mol. The predicted molar refractivity (Wildman–Crippen MR) is 70.8 cm³/mol. The molecule has 0 aromatic heterocycles. The van der Waals surface area contributed by atoms with Gasteiger partial charge in [-0.25, -0.2) is 0 Å². The number of aliphatic hydroxyl groups excluding tert-OH is 1. The molecule has 0 aromatic carbocycles. The van der Waals surface area contributed by atoms with Crippen molar-refractivity contribution >= 4 is 5.78 Å². The molecule has 1 saturated carbocycles. The first-order valence-corrected chi connectivity index (χ1v) is 7.35. The zero-order valence-corrected chi connectivity index (χ0v) is 11.6. The number of Topliss-reactive ketones (excluding diaryl/α,β-unsaturated/α-hetero) is 1. The molecule has 17 heavy (non-hydrogen) atoms. The average Bonchev–Trinajstić information content (AvgIpc) is 2.39. The first kappa shape index (κ1) is 14.7. The van der Waals surface area contributed by atoms with Gasteiger partial charge in [-0.1, -0.05) is 40.0 Å². The van der Waals surface area contributed by atoms with Crippen LogP contribution in [0.25, 0.3) is 0 Å². The van der Waals surface area contributed by atoms with Gasteiger partial charge in [-0.15, -0.1) is 0 Å². The molecule has 1 fully saturated rings. The number of carbonyl (C=O) groups excluding carboxylic acids is 1. The molecule has 2 heteroatoms. The lowest BCUT2D eigenvalue weighted by Gasteiger charge is -2.30. The Bertz CT molecular complexity index is 225. The maximum atomic E-state index is 12.2. The van der Waals surface area contributed by atoms with Gasteiger partial charge in [-0.05, 0) is 37.5 Å². The molecular formula is C15H28O2. The molecule has 2 nitrogen and oxygen atoms in total. The molecule has 1 unspecified atom stereocenters. The standard InChI is InChI=1S/C15H28O2/c1-4-11-7-9-13(10-8-11)15(17)14(16)12(5-2)6-3/h11-14,16H,4-10H2,1-3H3. The molecule has 0 radical (unpaired) electrons. The van der Waals surface area contributed by atoms with E-state index in [0.717, 1.165) is 31.6 Å². The fourth-order valence-corrected chi connectivity index (χ4v) is 3.06. The van der Waals surface area contributed by atoms with E-state index in [4.69, 9.17) is 0 Å². The van der Waals surface area contributed by atoms with E-state index in [2.05, 4.69) is 20.8 Å². The molecule has 0 heterocycles. The quantitative estimate of drug-likeness (QED) is 0.770. The van der Waals surface area contributed by atoms with Gasteiger partial charge in [0, 0.05) is 5.92 Å². The summed E-state index contributed by atoms with van der Waals surface area (Å²) in [7, 11) is 0. The predicted octanol–water partition coefficient (Wildman–Crippen LogP) is 3.57. The Morgan fingerprint density at radius 2 is 1.65 bits per heavy atom. The summed E-state index contributed by atoms with van der Waals surface area (Å²) in [6.45, 7) is 6.34. The van der Waals surface area contributed by atoms with Crippen molar-refractivity contribution in [2.45, 2.75) is 71.8 Å². The molecule has 0 bridgehead atoms. The number of carbonyl (C=O) groups is 1. The monoisotopic (exact) mass is 240 g/mol. The van der Waals surface area contributed by atoms with E-state index in [1.54, 1.807) is 0 Å². The molecule has 0 spiro atoms. The normalized spacial score (nSPS) is 27.1. The van der Waals surface area contributed by atoms with E-state index in [0.29, 0.717) is 0 Å². The largest absolute Gasteiger partial charge is 0.385 e. The fourth-order valence-electron chi connectivity index (χ4n) is 3.06. The van der Waals surface area contributed by atoms with Crippen LogP contribution in [-0.2, 0) is 4.79 Å². The number of hydrogen-bond acceptors (Lipinski definition) is 2. The summed E-state index contributed by atoms with van der Waals surface area (Å²) in [5.41, 5.74) is 0. The third kappa shape index (κ3) is 3.80. The van der Waals surface area contributed by atoms with Crippen molar-refractivity contribution in [3.63, 3.8) is 0 Å². The van der Waals surface area contributed by atoms with Crippen LogP contribution in [0.15, 0.2) is 0 Å². The van der Waals surface area contributed by atoms with E-state index in [9.17, 15) is 9.90 Å². The van der Waals surface area contributed by atoms with Gasteiger partial charge in [0.1, 0.15) is 6.10 Å². The second kappa shape index (κ2) is 7.15. The van der Waals surface area contributed by atoms with E-state index >= 15 is 0 Å². The Morgan fingerprint density at radius 1 is 1.12 bits per heavy atom. The SMILES string of the molecule is CCC1CCC(C(=O)C(O)C(CC)CC)CC1. The molecule has 1 N–H and O–H groups in total. The summed E-state index contributed by atoms with van der Waals surface area (Å²) in [6.07, 6.45) is 6.64. The van der Waals surface area contributed by atoms with Gasteiger partial charge in [-0.3, -0.25) is 4.79 Å². The Labute approximate surface area is 106 Å². The minimum Gasteiger partial charge on any atom is -0.385 e. The number of hydrogen-bond donors (Lipinski definition) is 1. The molecule has 1 aliphatic carbocycles. The highest BCUT2D eigenvalue weighted by Gasteiger charge is 2.32. The van der Waals surface area contributed by atoms with Gasteiger partial charge in [0.2, 0.25) is 0 Å². The fraction of sp³-hybridized carbons (Fsp3) is 0.933. The van der Waals surface area contributed by atoms with Gasteiger partial charge in [0.15, 0.2) is 5.78 Å².